The topological polar surface area (TPSA) is 75.9 Å². The van der Waals surface area contributed by atoms with Gasteiger partial charge < -0.3 is 20.3 Å². The van der Waals surface area contributed by atoms with Crippen LogP contribution in [-0.4, -0.2) is 59.1 Å². The lowest BCUT2D eigenvalue weighted by molar-refractivity contribution is -0.138. The van der Waals surface area contributed by atoms with Crippen molar-refractivity contribution in [2.45, 2.75) is 57.6 Å². The van der Waals surface area contributed by atoms with E-state index < -0.39 is 11.1 Å². The van der Waals surface area contributed by atoms with Gasteiger partial charge in [-0.15, -0.1) is 0 Å². The molecule has 0 spiro atoms. The lowest BCUT2D eigenvalue weighted by Gasteiger charge is -2.38. The predicted octanol–water partition coefficient (Wildman–Crippen LogP) is 1.34. The van der Waals surface area contributed by atoms with Gasteiger partial charge in [0.25, 0.3) is 0 Å². The number of carbonyl (C=O) groups is 2. The van der Waals surface area contributed by atoms with Gasteiger partial charge in [-0.2, -0.15) is 0 Å². The molecule has 0 atom stereocenters. The molecule has 2 rings (SSSR count). The monoisotopic (exact) mass is 297 g/mol. The van der Waals surface area contributed by atoms with Gasteiger partial charge in [-0.3, -0.25) is 4.79 Å². The van der Waals surface area contributed by atoms with Gasteiger partial charge in [0.2, 0.25) is 5.91 Å². The van der Waals surface area contributed by atoms with Gasteiger partial charge in [0.05, 0.1) is 5.54 Å². The van der Waals surface area contributed by atoms with Crippen molar-refractivity contribution in [1.29, 1.82) is 0 Å². The molecule has 1 aliphatic heterocycles. The molecule has 2 N–H and O–H groups in total. The number of nitrogens with two attached hydrogens (primary N) is 1. The molecule has 1 heterocycles. The minimum absolute atomic E-state index is 0.0452. The van der Waals surface area contributed by atoms with Crippen molar-refractivity contribution in [2.24, 2.45) is 5.73 Å². The van der Waals surface area contributed by atoms with E-state index in [-0.39, 0.29) is 12.0 Å². The van der Waals surface area contributed by atoms with E-state index in [2.05, 4.69) is 0 Å². The van der Waals surface area contributed by atoms with Crippen LogP contribution in [0.25, 0.3) is 0 Å². The number of rotatable bonds is 1. The van der Waals surface area contributed by atoms with Crippen molar-refractivity contribution in [3.8, 4) is 0 Å². The molecule has 21 heavy (non-hydrogen) atoms. The molecule has 6 nitrogen and oxygen atoms in total. The number of carbonyl (C=O) groups excluding carboxylic acids is 2. The third-order valence-electron chi connectivity index (χ3n) is 4.14. The molecule has 0 radical (unpaired) electrons. The second-order valence-corrected chi connectivity index (χ2v) is 7.12. The summed E-state index contributed by atoms with van der Waals surface area (Å²) in [7, 11) is 0. The Kier molecular flexibility index (Phi) is 4.46. The smallest absolute Gasteiger partial charge is 0.410 e. The quantitative estimate of drug-likeness (QED) is 0.792. The van der Waals surface area contributed by atoms with E-state index in [1.165, 1.54) is 0 Å². The number of hydrogen-bond donors (Lipinski definition) is 1. The van der Waals surface area contributed by atoms with Crippen LogP contribution in [0.15, 0.2) is 0 Å². The van der Waals surface area contributed by atoms with Gasteiger partial charge in [-0.05, 0) is 33.6 Å². The highest BCUT2D eigenvalue weighted by Crippen LogP contribution is 2.29. The summed E-state index contributed by atoms with van der Waals surface area (Å²) in [6.45, 7) is 7.65. The van der Waals surface area contributed by atoms with Crippen LogP contribution in [-0.2, 0) is 9.53 Å². The second-order valence-electron chi connectivity index (χ2n) is 7.12. The van der Waals surface area contributed by atoms with E-state index in [0.29, 0.717) is 26.2 Å². The maximum atomic E-state index is 12.5. The first-order valence-electron chi connectivity index (χ1n) is 7.77. The fourth-order valence-electron chi connectivity index (χ4n) is 2.95. The molecule has 2 aliphatic rings. The largest absolute Gasteiger partial charge is 0.444 e. The van der Waals surface area contributed by atoms with Crippen LogP contribution < -0.4 is 5.73 Å². The molecular weight excluding hydrogens is 270 g/mol. The molecule has 1 saturated heterocycles. The Labute approximate surface area is 126 Å². The van der Waals surface area contributed by atoms with Crippen molar-refractivity contribution >= 4 is 12.0 Å². The number of ether oxygens (including phenoxy) is 1. The van der Waals surface area contributed by atoms with Crippen molar-refractivity contribution in [2.75, 3.05) is 26.2 Å². The molecule has 1 saturated carbocycles. The average molecular weight is 297 g/mol. The van der Waals surface area contributed by atoms with Crippen LogP contribution >= 0.6 is 0 Å². The van der Waals surface area contributed by atoms with Gasteiger partial charge in [0, 0.05) is 26.2 Å². The Morgan fingerprint density at radius 3 is 1.95 bits per heavy atom. The van der Waals surface area contributed by atoms with Crippen molar-refractivity contribution in [3.63, 3.8) is 0 Å². The molecule has 0 aromatic heterocycles. The van der Waals surface area contributed by atoms with Gasteiger partial charge in [-0.25, -0.2) is 4.79 Å². The zero-order valence-electron chi connectivity index (χ0n) is 13.4. The van der Waals surface area contributed by atoms with Crippen LogP contribution in [0.4, 0.5) is 4.79 Å². The molecule has 2 amide bonds. The van der Waals surface area contributed by atoms with E-state index in [1.807, 2.05) is 20.8 Å². The number of nitrogens with zero attached hydrogens (tertiary/aromatic N) is 2. The van der Waals surface area contributed by atoms with E-state index in [4.69, 9.17) is 10.5 Å². The summed E-state index contributed by atoms with van der Waals surface area (Å²) in [6.07, 6.45) is 3.30. The lowest BCUT2D eigenvalue weighted by atomic mass is 9.97. The van der Waals surface area contributed by atoms with E-state index >= 15 is 0 Å². The van der Waals surface area contributed by atoms with Crippen LogP contribution in [0.1, 0.15) is 46.5 Å². The fraction of sp³-hybridized carbons (Fsp3) is 0.867. The van der Waals surface area contributed by atoms with Crippen LogP contribution in [0.2, 0.25) is 0 Å². The molecule has 0 aromatic rings. The van der Waals surface area contributed by atoms with Crippen molar-refractivity contribution in [3.05, 3.63) is 0 Å². The Balaban J connectivity index is 1.86. The highest BCUT2D eigenvalue weighted by Gasteiger charge is 2.41. The normalized spacial score (nSPS) is 22.3. The first-order chi connectivity index (χ1) is 9.71. The van der Waals surface area contributed by atoms with Crippen molar-refractivity contribution < 1.29 is 14.3 Å². The third kappa shape index (κ3) is 3.87. The van der Waals surface area contributed by atoms with Crippen LogP contribution in [0.3, 0.4) is 0 Å². The Hall–Kier alpha value is -1.30. The summed E-state index contributed by atoms with van der Waals surface area (Å²) in [4.78, 5) is 27.9. The lowest BCUT2D eigenvalue weighted by Crippen LogP contribution is -2.59. The predicted molar refractivity (Wildman–Crippen MR) is 79.8 cm³/mol. The fourth-order valence-corrected chi connectivity index (χ4v) is 2.95. The molecule has 2 fully saturated rings. The average Bonchev–Trinajstić information content (AvgIpc) is 2.84. The first kappa shape index (κ1) is 16.1. The number of amides is 2. The minimum Gasteiger partial charge on any atom is -0.444 e. The number of piperazine rings is 1. The summed E-state index contributed by atoms with van der Waals surface area (Å²) in [5, 5.41) is 0. The number of hydrogen-bond acceptors (Lipinski definition) is 4. The van der Waals surface area contributed by atoms with E-state index in [9.17, 15) is 9.59 Å². The summed E-state index contributed by atoms with van der Waals surface area (Å²) in [5.74, 6) is 0.0452. The maximum Gasteiger partial charge on any atom is 0.410 e. The standard InChI is InChI=1S/C15H27N3O3/c1-14(2,3)21-13(20)18-10-8-17(9-11-18)12(19)15(16)6-4-5-7-15/h4-11,16H2,1-3H3. The third-order valence-corrected chi connectivity index (χ3v) is 4.14. The molecule has 6 heteroatoms. The van der Waals surface area contributed by atoms with E-state index in [0.717, 1.165) is 25.7 Å². The van der Waals surface area contributed by atoms with Crippen molar-refractivity contribution in [1.82, 2.24) is 9.80 Å². The Bertz CT molecular complexity index is 403. The summed E-state index contributed by atoms with van der Waals surface area (Å²) in [5.41, 5.74) is 5.05. The molecule has 1 aliphatic carbocycles. The maximum absolute atomic E-state index is 12.5. The summed E-state index contributed by atoms with van der Waals surface area (Å²) < 4.78 is 5.35. The highest BCUT2D eigenvalue weighted by atomic mass is 16.6. The molecule has 0 bridgehead atoms. The van der Waals surface area contributed by atoms with Crippen LogP contribution in [0.5, 0.6) is 0 Å². The second kappa shape index (κ2) is 5.83. The molecule has 120 valence electrons. The van der Waals surface area contributed by atoms with Crippen LogP contribution in [0, 0.1) is 0 Å². The first-order valence-corrected chi connectivity index (χ1v) is 7.77. The van der Waals surface area contributed by atoms with Gasteiger partial charge in [0.15, 0.2) is 0 Å². The summed E-state index contributed by atoms with van der Waals surface area (Å²) >= 11 is 0. The summed E-state index contributed by atoms with van der Waals surface area (Å²) in [6, 6.07) is 0. The zero-order valence-corrected chi connectivity index (χ0v) is 13.4. The molecule has 0 aromatic carbocycles. The van der Waals surface area contributed by atoms with E-state index in [1.54, 1.807) is 9.80 Å². The highest BCUT2D eigenvalue weighted by molar-refractivity contribution is 5.86. The Morgan fingerprint density at radius 1 is 1.00 bits per heavy atom. The SMILES string of the molecule is CC(C)(C)OC(=O)N1CCN(C(=O)C2(N)CCCC2)CC1. The van der Waals surface area contributed by atoms with Gasteiger partial charge in [0.1, 0.15) is 5.60 Å². The molecular formula is C15H27N3O3. The minimum atomic E-state index is -0.673. The zero-order chi connectivity index (χ0) is 15.7. The van der Waals surface area contributed by atoms with Gasteiger partial charge >= 0.3 is 6.09 Å². The van der Waals surface area contributed by atoms with Gasteiger partial charge in [-0.1, -0.05) is 12.8 Å². The Morgan fingerprint density at radius 2 is 1.48 bits per heavy atom. The molecule has 0 unspecified atom stereocenters.